The summed E-state index contributed by atoms with van der Waals surface area (Å²) < 4.78 is 0. The number of aromatic nitrogens is 6. The van der Waals surface area contributed by atoms with Crippen molar-refractivity contribution in [2.45, 2.75) is 17.2 Å². The summed E-state index contributed by atoms with van der Waals surface area (Å²) in [6, 6.07) is 7.30. The van der Waals surface area contributed by atoms with E-state index in [1.165, 1.54) is 18.1 Å². The summed E-state index contributed by atoms with van der Waals surface area (Å²) in [4.78, 5) is 35.1. The lowest BCUT2D eigenvalue weighted by Gasteiger charge is -2.10. The molecule has 23 heavy (non-hydrogen) atoms. The third-order valence-electron chi connectivity index (χ3n) is 3.49. The van der Waals surface area contributed by atoms with Crippen LogP contribution in [0.25, 0.3) is 22.1 Å². The van der Waals surface area contributed by atoms with Gasteiger partial charge >= 0.3 is 0 Å². The minimum atomic E-state index is -0.132. The minimum absolute atomic E-state index is 0.0753. The Balaban J connectivity index is 1.73. The van der Waals surface area contributed by atoms with E-state index in [2.05, 4.69) is 29.9 Å². The molecule has 114 valence electrons. The molecule has 4 rings (SSSR count). The third-order valence-corrected chi connectivity index (χ3v) is 4.60. The molecule has 0 aliphatic rings. The van der Waals surface area contributed by atoms with Crippen LogP contribution in [-0.4, -0.2) is 29.9 Å². The van der Waals surface area contributed by atoms with E-state index >= 15 is 0 Å². The normalized spacial score (nSPS) is 12.7. The molecular formula is C15H12N6OS. The molecule has 0 saturated heterocycles. The van der Waals surface area contributed by atoms with E-state index in [1.807, 2.05) is 25.1 Å². The number of nitrogens with zero attached hydrogens (tertiary/aromatic N) is 4. The van der Waals surface area contributed by atoms with Crippen molar-refractivity contribution in [3.05, 3.63) is 53.1 Å². The first-order chi connectivity index (χ1) is 11.2. The Hall–Kier alpha value is -2.74. The molecular weight excluding hydrogens is 312 g/mol. The second kappa shape index (κ2) is 5.47. The highest BCUT2D eigenvalue weighted by Gasteiger charge is 2.15. The lowest BCUT2D eigenvalue weighted by Crippen LogP contribution is -2.12. The Morgan fingerprint density at radius 1 is 1.17 bits per heavy atom. The van der Waals surface area contributed by atoms with Crippen molar-refractivity contribution < 1.29 is 0 Å². The third kappa shape index (κ3) is 2.46. The number of rotatable bonds is 3. The first-order valence-electron chi connectivity index (χ1n) is 7.02. The standard InChI is InChI=1S/C15H12N6OS/c1-8(23-15-11-13(17-6-16-11)18-7-19-15)12-20-10-5-3-2-4-9(10)14(22)21-12/h2-8H,1H3,(H,20,21,22)(H,16,17,18,19)/t8-/m0/s1. The van der Waals surface area contributed by atoms with Crippen LogP contribution in [0.2, 0.25) is 0 Å². The fourth-order valence-electron chi connectivity index (χ4n) is 2.35. The zero-order valence-corrected chi connectivity index (χ0v) is 13.0. The van der Waals surface area contributed by atoms with Crippen molar-refractivity contribution in [3.8, 4) is 0 Å². The average Bonchev–Trinajstić information content (AvgIpc) is 3.04. The Morgan fingerprint density at radius 2 is 2.04 bits per heavy atom. The summed E-state index contributed by atoms with van der Waals surface area (Å²) >= 11 is 1.49. The summed E-state index contributed by atoms with van der Waals surface area (Å²) in [5.41, 5.74) is 1.96. The number of hydrogen-bond acceptors (Lipinski definition) is 6. The quantitative estimate of drug-likeness (QED) is 0.443. The molecule has 0 amide bonds. The smallest absolute Gasteiger partial charge is 0.258 e. The van der Waals surface area contributed by atoms with Crippen LogP contribution in [0.5, 0.6) is 0 Å². The van der Waals surface area contributed by atoms with Crippen LogP contribution in [0.1, 0.15) is 18.0 Å². The predicted octanol–water partition coefficient (Wildman–Crippen LogP) is 2.44. The monoisotopic (exact) mass is 324 g/mol. The topological polar surface area (TPSA) is 100 Å². The van der Waals surface area contributed by atoms with Gasteiger partial charge in [0.15, 0.2) is 5.65 Å². The highest BCUT2D eigenvalue weighted by atomic mass is 32.2. The zero-order chi connectivity index (χ0) is 15.8. The molecule has 0 unspecified atom stereocenters. The Labute approximate surface area is 134 Å². The molecule has 4 aromatic rings. The molecule has 2 N–H and O–H groups in total. The van der Waals surface area contributed by atoms with E-state index in [4.69, 9.17) is 0 Å². The highest BCUT2D eigenvalue weighted by molar-refractivity contribution is 7.99. The van der Waals surface area contributed by atoms with Crippen molar-refractivity contribution in [3.63, 3.8) is 0 Å². The van der Waals surface area contributed by atoms with Crippen LogP contribution in [0, 0.1) is 0 Å². The van der Waals surface area contributed by atoms with Gasteiger partial charge in [-0.25, -0.2) is 19.9 Å². The largest absolute Gasteiger partial charge is 0.341 e. The van der Waals surface area contributed by atoms with Gasteiger partial charge in [-0.05, 0) is 19.1 Å². The maximum atomic E-state index is 12.2. The lowest BCUT2D eigenvalue weighted by atomic mass is 10.2. The number of thioether (sulfide) groups is 1. The minimum Gasteiger partial charge on any atom is -0.341 e. The summed E-state index contributed by atoms with van der Waals surface area (Å²) in [5.74, 6) is 0.616. The maximum absolute atomic E-state index is 12.2. The number of hydrogen-bond donors (Lipinski definition) is 2. The summed E-state index contributed by atoms with van der Waals surface area (Å²) in [6.45, 7) is 1.97. The van der Waals surface area contributed by atoms with Gasteiger partial charge in [0.1, 0.15) is 22.7 Å². The zero-order valence-electron chi connectivity index (χ0n) is 12.1. The number of aromatic amines is 2. The number of imidazole rings is 1. The van der Waals surface area contributed by atoms with Crippen LogP contribution >= 0.6 is 11.8 Å². The molecule has 0 radical (unpaired) electrons. The Morgan fingerprint density at radius 3 is 2.96 bits per heavy atom. The van der Waals surface area contributed by atoms with Crippen molar-refractivity contribution in [2.24, 2.45) is 0 Å². The molecule has 7 nitrogen and oxygen atoms in total. The first-order valence-corrected chi connectivity index (χ1v) is 7.90. The summed E-state index contributed by atoms with van der Waals surface area (Å²) in [7, 11) is 0. The predicted molar refractivity (Wildman–Crippen MR) is 88.3 cm³/mol. The van der Waals surface area contributed by atoms with Gasteiger partial charge < -0.3 is 9.97 Å². The first kappa shape index (κ1) is 13.9. The molecule has 0 saturated carbocycles. The van der Waals surface area contributed by atoms with Gasteiger partial charge in [0, 0.05) is 0 Å². The van der Waals surface area contributed by atoms with E-state index in [1.54, 1.807) is 12.4 Å². The van der Waals surface area contributed by atoms with E-state index in [9.17, 15) is 4.79 Å². The van der Waals surface area contributed by atoms with Crippen LogP contribution < -0.4 is 5.56 Å². The average molecular weight is 324 g/mol. The van der Waals surface area contributed by atoms with Crippen LogP contribution in [-0.2, 0) is 0 Å². The molecule has 0 spiro atoms. The molecule has 8 heteroatoms. The van der Waals surface area contributed by atoms with Crippen LogP contribution in [0.3, 0.4) is 0 Å². The highest BCUT2D eigenvalue weighted by Crippen LogP contribution is 2.34. The Bertz CT molecular complexity index is 1060. The van der Waals surface area contributed by atoms with Crippen LogP contribution in [0.4, 0.5) is 0 Å². The van der Waals surface area contributed by atoms with E-state index < -0.39 is 0 Å². The van der Waals surface area contributed by atoms with E-state index in [-0.39, 0.29) is 10.8 Å². The van der Waals surface area contributed by atoms with E-state index in [0.717, 1.165) is 10.5 Å². The van der Waals surface area contributed by atoms with E-state index in [0.29, 0.717) is 22.4 Å². The number of H-pyrrole nitrogens is 2. The number of benzene rings is 1. The SMILES string of the molecule is C[C@H](Sc1ncnc2nc[nH]c12)c1nc2ccccc2c(=O)[nH]1. The van der Waals surface area contributed by atoms with Gasteiger partial charge in [0.2, 0.25) is 0 Å². The van der Waals surface area contributed by atoms with Crippen LogP contribution in [0.15, 0.2) is 46.7 Å². The molecule has 0 aliphatic heterocycles. The molecule has 3 aromatic heterocycles. The fourth-order valence-corrected chi connectivity index (χ4v) is 3.29. The lowest BCUT2D eigenvalue weighted by molar-refractivity contribution is 0.918. The number of fused-ring (bicyclic) bond motifs is 2. The molecule has 3 heterocycles. The fraction of sp³-hybridized carbons (Fsp3) is 0.133. The second-order valence-electron chi connectivity index (χ2n) is 5.01. The van der Waals surface area contributed by atoms with Gasteiger partial charge in [0.25, 0.3) is 5.56 Å². The van der Waals surface area contributed by atoms with Gasteiger partial charge in [-0.1, -0.05) is 23.9 Å². The number of para-hydroxylation sites is 1. The van der Waals surface area contributed by atoms with Gasteiger partial charge in [0.05, 0.1) is 22.5 Å². The van der Waals surface area contributed by atoms with Gasteiger partial charge in [-0.15, -0.1) is 0 Å². The van der Waals surface area contributed by atoms with Crippen molar-refractivity contribution in [1.82, 2.24) is 29.9 Å². The molecule has 1 atom stereocenters. The second-order valence-corrected chi connectivity index (χ2v) is 6.34. The van der Waals surface area contributed by atoms with Gasteiger partial charge in [-0.3, -0.25) is 4.79 Å². The van der Waals surface area contributed by atoms with Gasteiger partial charge in [-0.2, -0.15) is 0 Å². The summed E-state index contributed by atoms with van der Waals surface area (Å²) in [5, 5.41) is 1.29. The molecule has 1 aromatic carbocycles. The number of nitrogens with one attached hydrogen (secondary N) is 2. The van der Waals surface area contributed by atoms with Crippen molar-refractivity contribution in [1.29, 1.82) is 0 Å². The molecule has 0 aliphatic carbocycles. The summed E-state index contributed by atoms with van der Waals surface area (Å²) in [6.07, 6.45) is 3.07. The molecule has 0 bridgehead atoms. The maximum Gasteiger partial charge on any atom is 0.258 e. The van der Waals surface area contributed by atoms with Crippen molar-refractivity contribution >= 4 is 33.8 Å². The molecule has 0 fully saturated rings. The van der Waals surface area contributed by atoms with Crippen molar-refractivity contribution in [2.75, 3.05) is 0 Å². The Kier molecular flexibility index (Phi) is 3.30.